The second-order valence-corrected chi connectivity index (χ2v) is 5.75. The first-order valence-corrected chi connectivity index (χ1v) is 7.77. The predicted octanol–water partition coefficient (Wildman–Crippen LogP) is 1.88. The van der Waals surface area contributed by atoms with Crippen molar-refractivity contribution in [3.05, 3.63) is 47.3 Å². The summed E-state index contributed by atoms with van der Waals surface area (Å²) in [6.07, 6.45) is 4.61. The Balaban J connectivity index is 1.60. The molecule has 3 rings (SSSR count). The van der Waals surface area contributed by atoms with Gasteiger partial charge in [-0.15, -0.1) is 10.2 Å². The molecule has 0 radical (unpaired) electrons. The number of carbonyl (C=O) groups is 1. The van der Waals surface area contributed by atoms with Crippen LogP contribution in [0.4, 0.5) is 4.39 Å². The van der Waals surface area contributed by atoms with Gasteiger partial charge in [0, 0.05) is 25.1 Å². The number of amides is 1. The van der Waals surface area contributed by atoms with Crippen LogP contribution in [0.2, 0.25) is 0 Å². The molecule has 0 fully saturated rings. The van der Waals surface area contributed by atoms with E-state index in [9.17, 15) is 9.18 Å². The van der Waals surface area contributed by atoms with Crippen LogP contribution in [0.25, 0.3) is 6.08 Å². The van der Waals surface area contributed by atoms with Gasteiger partial charge in [0.05, 0.1) is 7.11 Å². The summed E-state index contributed by atoms with van der Waals surface area (Å²) < 4.78 is 20.5. The second-order valence-electron chi connectivity index (χ2n) is 5.75. The molecule has 0 saturated heterocycles. The van der Waals surface area contributed by atoms with E-state index < -0.39 is 5.82 Å². The van der Waals surface area contributed by atoms with Crippen molar-refractivity contribution in [2.24, 2.45) is 0 Å². The molecular weight excluding hydrogens is 311 g/mol. The van der Waals surface area contributed by atoms with Gasteiger partial charge >= 0.3 is 0 Å². The van der Waals surface area contributed by atoms with Crippen LogP contribution in [0, 0.1) is 12.7 Å². The lowest BCUT2D eigenvalue weighted by Crippen LogP contribution is -2.40. The molecule has 2 heterocycles. The fourth-order valence-corrected chi connectivity index (χ4v) is 2.79. The summed E-state index contributed by atoms with van der Waals surface area (Å²) in [6, 6.07) is 4.59. The van der Waals surface area contributed by atoms with Crippen molar-refractivity contribution < 1.29 is 13.9 Å². The van der Waals surface area contributed by atoms with Crippen molar-refractivity contribution in [3.63, 3.8) is 0 Å². The van der Waals surface area contributed by atoms with Gasteiger partial charge in [-0.2, -0.15) is 0 Å². The molecule has 24 heavy (non-hydrogen) atoms. The number of benzene rings is 1. The Labute approximate surface area is 139 Å². The lowest BCUT2D eigenvalue weighted by molar-refractivity contribution is -0.117. The van der Waals surface area contributed by atoms with E-state index in [0.717, 1.165) is 24.5 Å². The van der Waals surface area contributed by atoms with E-state index >= 15 is 0 Å². The Hall–Kier alpha value is -2.70. The lowest BCUT2D eigenvalue weighted by Gasteiger charge is -2.24. The number of hydrogen-bond donors (Lipinski definition) is 1. The van der Waals surface area contributed by atoms with E-state index in [2.05, 4.69) is 15.5 Å². The van der Waals surface area contributed by atoms with E-state index in [4.69, 9.17) is 4.74 Å². The fourth-order valence-electron chi connectivity index (χ4n) is 2.79. The highest BCUT2D eigenvalue weighted by Gasteiger charge is 2.22. The van der Waals surface area contributed by atoms with Gasteiger partial charge in [-0.3, -0.25) is 4.79 Å². The summed E-state index contributed by atoms with van der Waals surface area (Å²) in [5.74, 6) is 1.34. The first-order chi connectivity index (χ1) is 11.6. The Kier molecular flexibility index (Phi) is 4.59. The lowest BCUT2D eigenvalue weighted by atomic mass is 10.1. The molecule has 1 atom stereocenters. The molecule has 2 aromatic rings. The van der Waals surface area contributed by atoms with Crippen molar-refractivity contribution >= 4 is 12.0 Å². The minimum atomic E-state index is -0.456. The van der Waals surface area contributed by atoms with E-state index in [-0.39, 0.29) is 17.7 Å². The zero-order valence-corrected chi connectivity index (χ0v) is 13.6. The van der Waals surface area contributed by atoms with Crippen molar-refractivity contribution in [1.29, 1.82) is 0 Å². The van der Waals surface area contributed by atoms with Gasteiger partial charge in [-0.1, -0.05) is 6.07 Å². The molecule has 1 aliphatic heterocycles. The molecule has 1 aliphatic rings. The summed E-state index contributed by atoms with van der Waals surface area (Å²) in [7, 11) is 1.41. The number of fused-ring (bicyclic) bond motifs is 1. The van der Waals surface area contributed by atoms with Crippen molar-refractivity contribution in [2.75, 3.05) is 7.11 Å². The summed E-state index contributed by atoms with van der Waals surface area (Å²) in [6.45, 7) is 2.57. The minimum Gasteiger partial charge on any atom is -0.494 e. The second kappa shape index (κ2) is 6.82. The highest BCUT2D eigenvalue weighted by molar-refractivity contribution is 5.91. The SMILES string of the molecule is COc1ccc(C=CC(=O)NC2CCc3nnc(C)n3C2)cc1F. The molecule has 1 unspecified atom stereocenters. The average molecular weight is 330 g/mol. The Morgan fingerprint density at radius 1 is 1.46 bits per heavy atom. The summed E-state index contributed by atoms with van der Waals surface area (Å²) in [4.78, 5) is 12.1. The van der Waals surface area contributed by atoms with Gasteiger partial charge in [-0.25, -0.2) is 4.39 Å². The highest BCUT2D eigenvalue weighted by atomic mass is 19.1. The molecule has 7 heteroatoms. The monoisotopic (exact) mass is 330 g/mol. The van der Waals surface area contributed by atoms with Crippen LogP contribution in [0.15, 0.2) is 24.3 Å². The number of hydrogen-bond acceptors (Lipinski definition) is 4. The number of nitrogens with one attached hydrogen (secondary N) is 1. The van der Waals surface area contributed by atoms with Gasteiger partial charge in [0.25, 0.3) is 0 Å². The highest BCUT2D eigenvalue weighted by Crippen LogP contribution is 2.18. The maximum Gasteiger partial charge on any atom is 0.244 e. The van der Waals surface area contributed by atoms with Crippen molar-refractivity contribution in [1.82, 2.24) is 20.1 Å². The van der Waals surface area contributed by atoms with Crippen LogP contribution in [0.3, 0.4) is 0 Å². The normalized spacial score (nSPS) is 16.9. The number of halogens is 1. The maximum absolute atomic E-state index is 13.6. The van der Waals surface area contributed by atoms with Gasteiger partial charge < -0.3 is 14.6 Å². The van der Waals surface area contributed by atoms with Crippen molar-refractivity contribution in [3.8, 4) is 5.75 Å². The number of methoxy groups -OCH3 is 1. The molecule has 0 bridgehead atoms. The number of nitrogens with zero attached hydrogens (tertiary/aromatic N) is 3. The third-order valence-corrected chi connectivity index (χ3v) is 4.08. The van der Waals surface area contributed by atoms with Crippen LogP contribution >= 0.6 is 0 Å². The quantitative estimate of drug-likeness (QED) is 0.869. The summed E-state index contributed by atoms with van der Waals surface area (Å²) in [5.41, 5.74) is 0.601. The van der Waals surface area contributed by atoms with E-state index in [1.54, 1.807) is 12.1 Å². The third kappa shape index (κ3) is 3.45. The number of rotatable bonds is 4. The van der Waals surface area contributed by atoms with E-state index in [0.29, 0.717) is 12.1 Å². The van der Waals surface area contributed by atoms with Gasteiger partial charge in [-0.05, 0) is 37.1 Å². The molecule has 1 aromatic heterocycles. The Morgan fingerprint density at radius 3 is 3.04 bits per heavy atom. The first-order valence-electron chi connectivity index (χ1n) is 7.77. The Morgan fingerprint density at radius 2 is 2.29 bits per heavy atom. The van der Waals surface area contributed by atoms with Gasteiger partial charge in [0.15, 0.2) is 11.6 Å². The Bertz CT molecular complexity index is 785. The fraction of sp³-hybridized carbons (Fsp3) is 0.353. The largest absolute Gasteiger partial charge is 0.494 e. The molecule has 1 amide bonds. The molecule has 1 aromatic carbocycles. The van der Waals surface area contributed by atoms with E-state index in [1.165, 1.54) is 25.3 Å². The third-order valence-electron chi connectivity index (χ3n) is 4.08. The molecular formula is C17H19FN4O2. The minimum absolute atomic E-state index is 0.0388. The maximum atomic E-state index is 13.6. The van der Waals surface area contributed by atoms with Gasteiger partial charge in [0.2, 0.25) is 5.91 Å². The topological polar surface area (TPSA) is 69.0 Å². The van der Waals surface area contributed by atoms with Crippen LogP contribution in [-0.4, -0.2) is 33.8 Å². The molecule has 0 saturated carbocycles. The zero-order chi connectivity index (χ0) is 17.1. The van der Waals surface area contributed by atoms with Crippen LogP contribution in [0.1, 0.15) is 23.6 Å². The van der Waals surface area contributed by atoms with Gasteiger partial charge in [0.1, 0.15) is 11.6 Å². The summed E-state index contributed by atoms with van der Waals surface area (Å²) in [5, 5.41) is 11.1. The standard InChI is InChI=1S/C17H19FN4O2/c1-11-20-21-16-7-5-13(10-22(11)16)19-17(23)8-4-12-3-6-15(24-2)14(18)9-12/h3-4,6,8-9,13H,5,7,10H2,1-2H3,(H,19,23). The van der Waals surface area contributed by atoms with Crippen LogP contribution < -0.4 is 10.1 Å². The number of aromatic nitrogens is 3. The zero-order valence-electron chi connectivity index (χ0n) is 13.6. The van der Waals surface area contributed by atoms with E-state index in [1.807, 2.05) is 11.5 Å². The van der Waals surface area contributed by atoms with Crippen LogP contribution in [-0.2, 0) is 17.8 Å². The number of carbonyl (C=O) groups excluding carboxylic acids is 1. The smallest absolute Gasteiger partial charge is 0.244 e. The summed E-state index contributed by atoms with van der Waals surface area (Å²) >= 11 is 0. The number of ether oxygens (including phenoxy) is 1. The molecule has 126 valence electrons. The molecule has 0 spiro atoms. The van der Waals surface area contributed by atoms with Crippen molar-refractivity contribution in [2.45, 2.75) is 32.4 Å². The average Bonchev–Trinajstić information content (AvgIpc) is 2.94. The number of aryl methyl sites for hydroxylation is 2. The molecule has 6 nitrogen and oxygen atoms in total. The first kappa shape index (κ1) is 16.2. The van der Waals surface area contributed by atoms with Crippen LogP contribution in [0.5, 0.6) is 5.75 Å². The molecule has 1 N–H and O–H groups in total. The predicted molar refractivity (Wildman–Crippen MR) is 87.0 cm³/mol. The molecule has 0 aliphatic carbocycles.